The maximum absolute atomic E-state index is 14.0. The van der Waals surface area contributed by atoms with Crippen LogP contribution in [0, 0.1) is 11.2 Å². The van der Waals surface area contributed by atoms with Gasteiger partial charge in [0.25, 0.3) is 0 Å². The molecule has 0 saturated carbocycles. The number of nitrogens with one attached hydrogen (secondary N) is 1. The third kappa shape index (κ3) is 4.59. The maximum atomic E-state index is 14.0. The fourth-order valence-corrected chi connectivity index (χ4v) is 3.59. The fraction of sp³-hybridized carbons (Fsp3) is 0.400. The number of aryl methyl sites for hydroxylation is 1. The Balaban J connectivity index is 1.64. The molecule has 1 aliphatic heterocycles. The van der Waals surface area contributed by atoms with Crippen molar-refractivity contribution in [1.29, 1.82) is 5.41 Å². The molecule has 2 aromatic rings. The minimum atomic E-state index is -0.256. The summed E-state index contributed by atoms with van der Waals surface area (Å²) in [5.41, 5.74) is 2.73. The summed E-state index contributed by atoms with van der Waals surface area (Å²) in [5, 5.41) is 8.21. The second-order valence-electron chi connectivity index (χ2n) is 6.66. The van der Waals surface area contributed by atoms with Crippen LogP contribution < -0.4 is 0 Å². The van der Waals surface area contributed by atoms with Gasteiger partial charge in [0.2, 0.25) is 0 Å². The van der Waals surface area contributed by atoms with Gasteiger partial charge in [-0.05, 0) is 43.5 Å². The molecule has 4 nitrogen and oxygen atoms in total. The minimum Gasteiger partial charge on any atom is -0.358 e. The average molecular weight is 375 g/mol. The zero-order valence-corrected chi connectivity index (χ0v) is 15.8. The Hall–Kier alpha value is -1.98. The summed E-state index contributed by atoms with van der Waals surface area (Å²) in [6.45, 7) is 6.31. The highest BCUT2D eigenvalue weighted by Crippen LogP contribution is 2.21. The molecule has 0 unspecified atom stereocenters. The van der Waals surface area contributed by atoms with Gasteiger partial charge in [0, 0.05) is 55.2 Å². The topological polar surface area (TPSA) is 43.2 Å². The lowest BCUT2D eigenvalue weighted by molar-refractivity contribution is 0.174. The molecule has 2 heterocycles. The Morgan fingerprint density at radius 1 is 1.15 bits per heavy atom. The number of benzene rings is 1. The predicted octanol–water partition coefficient (Wildman–Crippen LogP) is 3.77. The van der Waals surface area contributed by atoms with Gasteiger partial charge < -0.3 is 4.90 Å². The molecule has 138 valence electrons. The molecule has 1 aliphatic rings. The predicted molar refractivity (Wildman–Crippen MR) is 103 cm³/mol. The quantitative estimate of drug-likeness (QED) is 0.640. The third-order valence-corrected chi connectivity index (χ3v) is 5.25. The highest BCUT2D eigenvalue weighted by Gasteiger charge is 2.18. The van der Waals surface area contributed by atoms with Crippen molar-refractivity contribution in [3.63, 3.8) is 0 Å². The second-order valence-corrected chi connectivity index (χ2v) is 7.07. The molecular formula is C20H24ClFN4. The molecule has 0 radical (unpaired) electrons. The molecule has 6 heteroatoms. The van der Waals surface area contributed by atoms with Crippen molar-refractivity contribution in [2.24, 2.45) is 0 Å². The SMILES string of the molecule is CC(=N)N1CCN(Cc2cccnc2CCc2c(F)cccc2Cl)CC1. The molecule has 1 aromatic heterocycles. The van der Waals surface area contributed by atoms with E-state index in [9.17, 15) is 4.39 Å². The first kappa shape index (κ1) is 18.8. The highest BCUT2D eigenvalue weighted by atomic mass is 35.5. The Bertz CT molecular complexity index is 752. The molecule has 0 spiro atoms. The molecule has 1 aromatic carbocycles. The van der Waals surface area contributed by atoms with Crippen LogP contribution in [-0.2, 0) is 19.4 Å². The molecule has 3 rings (SSSR count). The number of piperazine rings is 1. The van der Waals surface area contributed by atoms with Crippen molar-refractivity contribution < 1.29 is 4.39 Å². The monoisotopic (exact) mass is 374 g/mol. The van der Waals surface area contributed by atoms with Crippen LogP contribution in [0.3, 0.4) is 0 Å². The number of halogens is 2. The summed E-state index contributed by atoms with van der Waals surface area (Å²) in [4.78, 5) is 9.01. The molecule has 1 N–H and O–H groups in total. The van der Waals surface area contributed by atoms with Gasteiger partial charge >= 0.3 is 0 Å². The number of nitrogens with zero attached hydrogens (tertiary/aromatic N) is 3. The van der Waals surface area contributed by atoms with Gasteiger partial charge in [-0.25, -0.2) is 4.39 Å². The van der Waals surface area contributed by atoms with E-state index in [2.05, 4.69) is 20.9 Å². The number of pyridine rings is 1. The molecule has 0 bridgehead atoms. The Labute approximate surface area is 159 Å². The van der Waals surface area contributed by atoms with E-state index < -0.39 is 0 Å². The van der Waals surface area contributed by atoms with Gasteiger partial charge in [-0.15, -0.1) is 0 Å². The van der Waals surface area contributed by atoms with Gasteiger partial charge in [-0.3, -0.25) is 15.3 Å². The Morgan fingerprint density at radius 3 is 2.62 bits per heavy atom. The number of aromatic nitrogens is 1. The summed E-state index contributed by atoms with van der Waals surface area (Å²) >= 11 is 6.14. The fourth-order valence-electron chi connectivity index (χ4n) is 3.34. The van der Waals surface area contributed by atoms with Crippen molar-refractivity contribution >= 4 is 17.4 Å². The third-order valence-electron chi connectivity index (χ3n) is 4.90. The lowest BCUT2D eigenvalue weighted by Gasteiger charge is -2.35. The van der Waals surface area contributed by atoms with E-state index in [-0.39, 0.29) is 5.82 Å². The highest BCUT2D eigenvalue weighted by molar-refractivity contribution is 6.31. The molecule has 1 fully saturated rings. The molecular weight excluding hydrogens is 351 g/mol. The van der Waals surface area contributed by atoms with E-state index in [4.69, 9.17) is 17.0 Å². The number of hydrogen-bond acceptors (Lipinski definition) is 3. The molecule has 0 aliphatic carbocycles. The van der Waals surface area contributed by atoms with Crippen molar-refractivity contribution in [3.05, 3.63) is 64.2 Å². The normalized spacial score (nSPS) is 15.3. The molecule has 0 amide bonds. The average Bonchev–Trinajstić information content (AvgIpc) is 2.63. The van der Waals surface area contributed by atoms with Crippen LogP contribution in [-0.4, -0.2) is 46.8 Å². The van der Waals surface area contributed by atoms with E-state index in [1.807, 2.05) is 13.0 Å². The summed E-state index contributed by atoms with van der Waals surface area (Å²) in [6.07, 6.45) is 2.99. The zero-order valence-electron chi connectivity index (χ0n) is 15.0. The maximum Gasteiger partial charge on any atom is 0.127 e. The van der Waals surface area contributed by atoms with E-state index in [1.165, 1.54) is 11.6 Å². The van der Waals surface area contributed by atoms with Crippen LogP contribution in [0.1, 0.15) is 23.7 Å². The summed E-state index contributed by atoms with van der Waals surface area (Å²) < 4.78 is 14.0. The van der Waals surface area contributed by atoms with E-state index in [1.54, 1.807) is 18.3 Å². The summed E-state index contributed by atoms with van der Waals surface area (Å²) in [7, 11) is 0. The lowest BCUT2D eigenvalue weighted by atomic mass is 10.0. The van der Waals surface area contributed by atoms with Crippen LogP contribution in [0.15, 0.2) is 36.5 Å². The van der Waals surface area contributed by atoms with E-state index >= 15 is 0 Å². The first-order valence-electron chi connectivity index (χ1n) is 8.92. The van der Waals surface area contributed by atoms with Gasteiger partial charge in [-0.1, -0.05) is 23.7 Å². The van der Waals surface area contributed by atoms with Gasteiger partial charge in [0.1, 0.15) is 5.82 Å². The van der Waals surface area contributed by atoms with Crippen LogP contribution in [0.25, 0.3) is 0 Å². The van der Waals surface area contributed by atoms with Gasteiger partial charge in [-0.2, -0.15) is 0 Å². The standard InChI is InChI=1S/C20H24ClFN4/c1-15(23)26-12-10-25(11-13-26)14-16-4-3-9-24-20(16)8-7-17-18(21)5-2-6-19(17)22/h2-6,9,23H,7-8,10-14H2,1H3. The van der Waals surface area contributed by atoms with Crippen LogP contribution in [0.5, 0.6) is 0 Å². The largest absolute Gasteiger partial charge is 0.358 e. The number of amidine groups is 1. The van der Waals surface area contributed by atoms with Crippen molar-refractivity contribution in [1.82, 2.24) is 14.8 Å². The second kappa shape index (κ2) is 8.60. The minimum absolute atomic E-state index is 0.256. The van der Waals surface area contributed by atoms with Gasteiger partial charge in [0.05, 0.1) is 5.84 Å². The van der Waals surface area contributed by atoms with Crippen LogP contribution in [0.2, 0.25) is 5.02 Å². The number of rotatable bonds is 5. The molecule has 1 saturated heterocycles. The van der Waals surface area contributed by atoms with E-state index in [0.29, 0.717) is 29.3 Å². The van der Waals surface area contributed by atoms with Crippen molar-refractivity contribution in [2.45, 2.75) is 26.3 Å². The van der Waals surface area contributed by atoms with Crippen LogP contribution >= 0.6 is 11.6 Å². The lowest BCUT2D eigenvalue weighted by Crippen LogP contribution is -2.47. The van der Waals surface area contributed by atoms with Crippen LogP contribution in [0.4, 0.5) is 4.39 Å². The first-order chi connectivity index (χ1) is 12.5. The Morgan fingerprint density at radius 2 is 1.92 bits per heavy atom. The number of hydrogen-bond donors (Lipinski definition) is 1. The van der Waals surface area contributed by atoms with Gasteiger partial charge in [0.15, 0.2) is 0 Å². The smallest absolute Gasteiger partial charge is 0.127 e. The first-order valence-corrected chi connectivity index (χ1v) is 9.30. The molecule has 26 heavy (non-hydrogen) atoms. The summed E-state index contributed by atoms with van der Waals surface area (Å²) in [5.74, 6) is 0.376. The zero-order chi connectivity index (χ0) is 18.5. The molecule has 0 atom stereocenters. The van der Waals surface area contributed by atoms with Crippen molar-refractivity contribution in [3.8, 4) is 0 Å². The summed E-state index contributed by atoms with van der Waals surface area (Å²) in [6, 6.07) is 8.85. The Kier molecular flexibility index (Phi) is 6.22. The van der Waals surface area contributed by atoms with E-state index in [0.717, 1.165) is 38.4 Å². The van der Waals surface area contributed by atoms with Crippen molar-refractivity contribution in [2.75, 3.05) is 26.2 Å².